The molecule has 4 heteroatoms. The van der Waals surface area contributed by atoms with Gasteiger partial charge in [0, 0.05) is 12.3 Å². The highest BCUT2D eigenvalue weighted by Crippen LogP contribution is 2.44. The third-order valence-corrected chi connectivity index (χ3v) is 5.53. The van der Waals surface area contributed by atoms with Gasteiger partial charge in [-0.05, 0) is 30.6 Å². The summed E-state index contributed by atoms with van der Waals surface area (Å²) >= 11 is 0. The van der Waals surface area contributed by atoms with Gasteiger partial charge in [-0.3, -0.25) is 4.79 Å². The summed E-state index contributed by atoms with van der Waals surface area (Å²) < 4.78 is 5.25. The number of hydrogen-bond donors (Lipinski definition) is 2. The van der Waals surface area contributed by atoms with Crippen LogP contribution in [0.3, 0.4) is 0 Å². The Bertz CT molecular complexity index is 366. The molecule has 2 rings (SSSR count). The molecule has 122 valence electrons. The van der Waals surface area contributed by atoms with E-state index in [0.717, 1.165) is 25.7 Å². The SMILES string of the molecule is CCCCC(C)(C)[C@H](O)CC[C@@H]1C2CC(=O)OC2C[C@H]1O. The molecule has 1 aliphatic carbocycles. The molecule has 2 fully saturated rings. The van der Waals surface area contributed by atoms with Gasteiger partial charge < -0.3 is 14.9 Å². The molecule has 21 heavy (non-hydrogen) atoms. The molecule has 0 aromatic heterocycles. The fourth-order valence-corrected chi connectivity index (χ4v) is 3.92. The summed E-state index contributed by atoms with van der Waals surface area (Å²) in [6.45, 7) is 6.39. The Kier molecular flexibility index (Phi) is 5.31. The van der Waals surface area contributed by atoms with Crippen molar-refractivity contribution < 1.29 is 19.7 Å². The molecule has 0 aromatic rings. The van der Waals surface area contributed by atoms with E-state index in [1.807, 2.05) is 0 Å². The summed E-state index contributed by atoms with van der Waals surface area (Å²) in [7, 11) is 0. The molecule has 0 radical (unpaired) electrons. The highest BCUT2D eigenvalue weighted by molar-refractivity contribution is 5.72. The van der Waals surface area contributed by atoms with E-state index in [-0.39, 0.29) is 41.5 Å². The van der Waals surface area contributed by atoms with Crippen LogP contribution in [0.15, 0.2) is 0 Å². The molecule has 2 N–H and O–H groups in total. The summed E-state index contributed by atoms with van der Waals surface area (Å²) in [6.07, 6.45) is 4.91. The van der Waals surface area contributed by atoms with E-state index in [9.17, 15) is 15.0 Å². The number of ether oxygens (including phenoxy) is 1. The van der Waals surface area contributed by atoms with Crippen LogP contribution in [0, 0.1) is 17.3 Å². The first-order valence-electron chi connectivity index (χ1n) is 8.40. The van der Waals surface area contributed by atoms with Gasteiger partial charge in [-0.15, -0.1) is 0 Å². The van der Waals surface area contributed by atoms with Crippen LogP contribution in [0.2, 0.25) is 0 Å². The van der Waals surface area contributed by atoms with Crippen LogP contribution in [0.4, 0.5) is 0 Å². The van der Waals surface area contributed by atoms with Gasteiger partial charge in [0.1, 0.15) is 6.10 Å². The topological polar surface area (TPSA) is 66.8 Å². The third kappa shape index (κ3) is 3.78. The lowest BCUT2D eigenvalue weighted by Crippen LogP contribution is -2.31. The first-order valence-corrected chi connectivity index (χ1v) is 8.40. The van der Waals surface area contributed by atoms with Crippen LogP contribution in [0.25, 0.3) is 0 Å². The number of carbonyl (C=O) groups is 1. The molecule has 0 spiro atoms. The van der Waals surface area contributed by atoms with E-state index in [2.05, 4.69) is 20.8 Å². The third-order valence-electron chi connectivity index (χ3n) is 5.53. The van der Waals surface area contributed by atoms with Gasteiger partial charge in [0.15, 0.2) is 0 Å². The van der Waals surface area contributed by atoms with Crippen LogP contribution >= 0.6 is 0 Å². The van der Waals surface area contributed by atoms with Crippen molar-refractivity contribution in [2.75, 3.05) is 0 Å². The van der Waals surface area contributed by atoms with E-state index in [1.54, 1.807) is 0 Å². The molecule has 0 amide bonds. The minimum absolute atomic E-state index is 0.0824. The van der Waals surface area contributed by atoms with Gasteiger partial charge in [0.2, 0.25) is 0 Å². The maximum absolute atomic E-state index is 11.4. The van der Waals surface area contributed by atoms with Crippen molar-refractivity contribution in [3.63, 3.8) is 0 Å². The summed E-state index contributed by atoms with van der Waals surface area (Å²) in [4.78, 5) is 11.4. The second kappa shape index (κ2) is 6.66. The number of carbonyl (C=O) groups excluding carboxylic acids is 1. The largest absolute Gasteiger partial charge is 0.462 e. The fourth-order valence-electron chi connectivity index (χ4n) is 3.92. The Morgan fingerprint density at radius 1 is 1.43 bits per heavy atom. The van der Waals surface area contributed by atoms with Crippen LogP contribution in [-0.2, 0) is 9.53 Å². The maximum Gasteiger partial charge on any atom is 0.306 e. The number of aliphatic hydroxyl groups excluding tert-OH is 2. The lowest BCUT2D eigenvalue weighted by atomic mass is 9.77. The normalized spacial score (nSPS) is 33.9. The standard InChI is InChI=1S/C17H30O4/c1-4-5-8-17(2,3)15(19)7-6-11-12-9-16(20)21-14(12)10-13(11)18/h11-15,18-19H,4-10H2,1-3H3/t11-,12?,13-,14?,15-/m1/s1. The Morgan fingerprint density at radius 3 is 2.81 bits per heavy atom. The molecular weight excluding hydrogens is 268 g/mol. The molecule has 1 saturated carbocycles. The van der Waals surface area contributed by atoms with Crippen molar-refractivity contribution in [2.24, 2.45) is 17.3 Å². The van der Waals surface area contributed by atoms with Gasteiger partial charge in [-0.25, -0.2) is 0 Å². The Balaban J connectivity index is 1.85. The van der Waals surface area contributed by atoms with E-state index in [0.29, 0.717) is 19.3 Å². The summed E-state index contributed by atoms with van der Waals surface area (Å²) in [6, 6.07) is 0. The van der Waals surface area contributed by atoms with Crippen molar-refractivity contribution in [1.82, 2.24) is 0 Å². The first-order chi connectivity index (χ1) is 9.85. The predicted molar refractivity (Wildman–Crippen MR) is 80.6 cm³/mol. The van der Waals surface area contributed by atoms with Crippen LogP contribution in [0.1, 0.15) is 65.7 Å². The van der Waals surface area contributed by atoms with Crippen LogP contribution < -0.4 is 0 Å². The quantitative estimate of drug-likeness (QED) is 0.709. The van der Waals surface area contributed by atoms with Gasteiger partial charge in [0.05, 0.1) is 18.6 Å². The Morgan fingerprint density at radius 2 is 2.14 bits per heavy atom. The monoisotopic (exact) mass is 298 g/mol. The molecule has 1 heterocycles. The van der Waals surface area contributed by atoms with E-state index in [1.165, 1.54) is 0 Å². The highest BCUT2D eigenvalue weighted by Gasteiger charge is 2.49. The fraction of sp³-hybridized carbons (Fsp3) is 0.941. The zero-order chi connectivity index (χ0) is 15.6. The second-order valence-electron chi connectivity index (χ2n) is 7.55. The van der Waals surface area contributed by atoms with Gasteiger partial charge >= 0.3 is 5.97 Å². The van der Waals surface area contributed by atoms with E-state index >= 15 is 0 Å². The molecule has 1 aliphatic heterocycles. The van der Waals surface area contributed by atoms with Crippen LogP contribution in [-0.4, -0.2) is 34.5 Å². The number of unbranched alkanes of at least 4 members (excludes halogenated alkanes) is 1. The zero-order valence-corrected chi connectivity index (χ0v) is 13.5. The molecule has 0 bridgehead atoms. The zero-order valence-electron chi connectivity index (χ0n) is 13.5. The Labute approximate surface area is 127 Å². The molecular formula is C17H30O4. The average Bonchev–Trinajstić information content (AvgIpc) is 2.89. The average molecular weight is 298 g/mol. The smallest absolute Gasteiger partial charge is 0.306 e. The molecule has 1 saturated heterocycles. The first kappa shape index (κ1) is 16.8. The van der Waals surface area contributed by atoms with Crippen molar-refractivity contribution in [1.29, 1.82) is 0 Å². The van der Waals surface area contributed by atoms with Crippen molar-refractivity contribution in [3.8, 4) is 0 Å². The molecule has 2 unspecified atom stereocenters. The number of hydrogen-bond acceptors (Lipinski definition) is 4. The molecule has 0 aromatic carbocycles. The van der Waals surface area contributed by atoms with Gasteiger partial charge in [0.25, 0.3) is 0 Å². The summed E-state index contributed by atoms with van der Waals surface area (Å²) in [5.41, 5.74) is -0.0824. The lowest BCUT2D eigenvalue weighted by Gasteiger charge is -2.32. The van der Waals surface area contributed by atoms with Gasteiger partial charge in [-0.2, -0.15) is 0 Å². The second-order valence-corrected chi connectivity index (χ2v) is 7.55. The molecule has 5 atom stereocenters. The number of fused-ring (bicyclic) bond motifs is 1. The highest BCUT2D eigenvalue weighted by atomic mass is 16.6. The summed E-state index contributed by atoms with van der Waals surface area (Å²) in [5, 5.41) is 20.6. The van der Waals surface area contributed by atoms with E-state index < -0.39 is 0 Å². The maximum atomic E-state index is 11.4. The van der Waals surface area contributed by atoms with Crippen LogP contribution in [0.5, 0.6) is 0 Å². The molecule has 2 aliphatic rings. The number of rotatable bonds is 7. The van der Waals surface area contributed by atoms with Crippen molar-refractivity contribution >= 4 is 5.97 Å². The summed E-state index contributed by atoms with van der Waals surface area (Å²) in [5.74, 6) is 0.113. The number of aliphatic hydroxyl groups is 2. The van der Waals surface area contributed by atoms with Gasteiger partial charge in [-0.1, -0.05) is 33.6 Å². The van der Waals surface area contributed by atoms with E-state index in [4.69, 9.17) is 4.74 Å². The molecule has 4 nitrogen and oxygen atoms in total. The lowest BCUT2D eigenvalue weighted by molar-refractivity contribution is -0.141. The van der Waals surface area contributed by atoms with Crippen molar-refractivity contribution in [3.05, 3.63) is 0 Å². The number of esters is 1. The Hall–Kier alpha value is -0.610. The minimum atomic E-state index is -0.390. The minimum Gasteiger partial charge on any atom is -0.462 e. The predicted octanol–water partition coefficient (Wildman–Crippen LogP) is 2.66. The van der Waals surface area contributed by atoms with Crippen molar-refractivity contribution in [2.45, 2.75) is 84.0 Å².